The smallest absolute Gasteiger partial charge is 0.222 e. The summed E-state index contributed by atoms with van der Waals surface area (Å²) in [7, 11) is 1.70. The number of allylic oxidation sites excluding steroid dienone is 1. The normalized spacial score (nSPS) is 15.2. The Morgan fingerprint density at radius 3 is 2.68 bits per heavy atom. The van der Waals surface area contributed by atoms with Gasteiger partial charge in [0.1, 0.15) is 11.8 Å². The molecule has 1 N–H and O–H groups in total. The van der Waals surface area contributed by atoms with E-state index in [0.717, 1.165) is 35.5 Å². The van der Waals surface area contributed by atoms with E-state index in [1.54, 1.807) is 25.5 Å². The fourth-order valence-corrected chi connectivity index (χ4v) is 2.84. The van der Waals surface area contributed by atoms with Crippen molar-refractivity contribution in [2.24, 2.45) is 15.0 Å². The summed E-state index contributed by atoms with van der Waals surface area (Å²) in [4.78, 5) is 17.6. The maximum absolute atomic E-state index is 8.93. The molecule has 3 rings (SSSR count). The van der Waals surface area contributed by atoms with Gasteiger partial charge >= 0.3 is 0 Å². The number of rotatable bonds is 4. The Kier molecular flexibility index (Phi) is 6.42. The van der Waals surface area contributed by atoms with E-state index in [0.29, 0.717) is 18.1 Å². The first-order valence-electron chi connectivity index (χ1n) is 9.23. The molecule has 1 aromatic heterocycles. The van der Waals surface area contributed by atoms with Crippen molar-refractivity contribution < 1.29 is 0 Å². The van der Waals surface area contributed by atoms with Crippen LogP contribution in [-0.4, -0.2) is 29.4 Å². The second-order valence-electron chi connectivity index (χ2n) is 6.29. The summed E-state index contributed by atoms with van der Waals surface area (Å²) < 4.78 is 0. The molecule has 0 bridgehead atoms. The van der Waals surface area contributed by atoms with Crippen molar-refractivity contribution >= 4 is 23.1 Å². The van der Waals surface area contributed by atoms with E-state index in [4.69, 9.17) is 5.26 Å². The highest BCUT2D eigenvalue weighted by molar-refractivity contribution is 6.50. The molecule has 0 atom stereocenters. The molecule has 0 amide bonds. The van der Waals surface area contributed by atoms with Gasteiger partial charge in [0.05, 0.1) is 11.4 Å². The van der Waals surface area contributed by atoms with Gasteiger partial charge in [-0.1, -0.05) is 31.6 Å². The monoisotopic (exact) mass is 370 g/mol. The van der Waals surface area contributed by atoms with Gasteiger partial charge in [-0.2, -0.15) is 5.26 Å². The van der Waals surface area contributed by atoms with E-state index in [1.165, 1.54) is 5.56 Å². The van der Waals surface area contributed by atoms with E-state index in [9.17, 15) is 0 Å². The first-order chi connectivity index (χ1) is 13.7. The minimum absolute atomic E-state index is 0.373. The number of nitrogens with zero attached hydrogens (tertiary/aromatic N) is 5. The van der Waals surface area contributed by atoms with Gasteiger partial charge in [-0.3, -0.25) is 9.98 Å². The number of pyridine rings is 1. The quantitative estimate of drug-likeness (QED) is 0.648. The number of guanidine groups is 1. The third-order valence-electron chi connectivity index (χ3n) is 4.25. The van der Waals surface area contributed by atoms with Gasteiger partial charge in [-0.15, -0.1) is 0 Å². The minimum atomic E-state index is 0.373. The third kappa shape index (κ3) is 4.77. The zero-order valence-corrected chi connectivity index (χ0v) is 16.1. The van der Waals surface area contributed by atoms with E-state index in [1.807, 2.05) is 30.3 Å². The lowest BCUT2D eigenvalue weighted by Crippen LogP contribution is -2.21. The summed E-state index contributed by atoms with van der Waals surface area (Å²) in [5, 5.41) is 12.2. The average Bonchev–Trinajstić information content (AvgIpc) is 2.75. The number of nitrogens with one attached hydrogen (secondary N) is 1. The number of aromatic nitrogens is 1. The third-order valence-corrected chi connectivity index (χ3v) is 4.25. The minimum Gasteiger partial charge on any atom is -0.324 e. The van der Waals surface area contributed by atoms with Crippen LogP contribution in [0.25, 0.3) is 0 Å². The highest BCUT2D eigenvalue weighted by atomic mass is 15.1. The van der Waals surface area contributed by atoms with Gasteiger partial charge in [0.2, 0.25) is 5.96 Å². The van der Waals surface area contributed by atoms with Crippen molar-refractivity contribution in [3.63, 3.8) is 0 Å². The van der Waals surface area contributed by atoms with Crippen LogP contribution in [0.3, 0.4) is 0 Å². The lowest BCUT2D eigenvalue weighted by atomic mass is 10.0. The summed E-state index contributed by atoms with van der Waals surface area (Å²) in [5.74, 6) is 0.517. The van der Waals surface area contributed by atoms with Crippen molar-refractivity contribution in [3.05, 3.63) is 71.7 Å². The molecule has 0 spiro atoms. The molecular weight excluding hydrogens is 348 g/mol. The molecule has 0 saturated carbocycles. The lowest BCUT2D eigenvalue weighted by Gasteiger charge is -2.13. The summed E-state index contributed by atoms with van der Waals surface area (Å²) in [5.41, 5.74) is 4.98. The maximum atomic E-state index is 8.93. The SMILES string of the molecule is CCCc1ccc(NC(=NC)N=C2CC=CN=C2c2ccc(C#N)nc2)cc1. The van der Waals surface area contributed by atoms with E-state index in [2.05, 4.69) is 44.3 Å². The first kappa shape index (κ1) is 19.2. The molecule has 1 aliphatic rings. The molecule has 140 valence electrons. The topological polar surface area (TPSA) is 85.8 Å². The predicted molar refractivity (Wildman–Crippen MR) is 114 cm³/mol. The van der Waals surface area contributed by atoms with Crippen LogP contribution in [0.1, 0.15) is 36.6 Å². The highest BCUT2D eigenvalue weighted by Gasteiger charge is 2.15. The molecule has 0 saturated heterocycles. The van der Waals surface area contributed by atoms with Crippen molar-refractivity contribution in [1.82, 2.24) is 4.98 Å². The van der Waals surface area contributed by atoms with Crippen LogP contribution >= 0.6 is 0 Å². The molecule has 2 aromatic rings. The van der Waals surface area contributed by atoms with Crippen molar-refractivity contribution in [3.8, 4) is 6.07 Å². The van der Waals surface area contributed by atoms with Crippen LogP contribution in [0, 0.1) is 11.3 Å². The van der Waals surface area contributed by atoms with Gasteiger partial charge < -0.3 is 5.32 Å². The van der Waals surface area contributed by atoms with Gasteiger partial charge in [-0.25, -0.2) is 9.98 Å². The van der Waals surface area contributed by atoms with Crippen LogP contribution in [0.2, 0.25) is 0 Å². The van der Waals surface area contributed by atoms with Gasteiger partial charge in [-0.05, 0) is 36.2 Å². The Bertz CT molecular complexity index is 973. The molecule has 0 unspecified atom stereocenters. The van der Waals surface area contributed by atoms with Crippen molar-refractivity contribution in [2.45, 2.75) is 26.2 Å². The average molecular weight is 370 g/mol. The van der Waals surface area contributed by atoms with Gasteiger partial charge in [0.25, 0.3) is 0 Å². The molecule has 0 aliphatic carbocycles. The number of anilines is 1. The second kappa shape index (κ2) is 9.38. The van der Waals surface area contributed by atoms with Crippen molar-refractivity contribution in [2.75, 3.05) is 12.4 Å². The van der Waals surface area contributed by atoms with Crippen LogP contribution in [-0.2, 0) is 6.42 Å². The molecule has 6 heteroatoms. The van der Waals surface area contributed by atoms with Gasteiger partial charge in [0, 0.05) is 37.1 Å². The summed E-state index contributed by atoms with van der Waals surface area (Å²) in [6.07, 6.45) is 8.20. The highest BCUT2D eigenvalue weighted by Crippen LogP contribution is 2.14. The van der Waals surface area contributed by atoms with Crippen LogP contribution in [0.5, 0.6) is 0 Å². The zero-order chi connectivity index (χ0) is 19.8. The number of aliphatic imine (C=N–C) groups is 3. The maximum Gasteiger partial charge on any atom is 0.222 e. The largest absolute Gasteiger partial charge is 0.324 e. The van der Waals surface area contributed by atoms with E-state index < -0.39 is 0 Å². The summed E-state index contributed by atoms with van der Waals surface area (Å²) in [6, 6.07) is 13.8. The number of hydrogen-bond acceptors (Lipinski definition) is 4. The Hall–Kier alpha value is -3.59. The number of hydrogen-bond donors (Lipinski definition) is 1. The standard InChI is InChI=1S/C22H22N6/c1-3-5-16-7-10-18(11-8-16)27-22(24-2)28-20-6-4-13-25-21(20)17-9-12-19(14-23)26-15-17/h4,7-13,15H,3,5-6H2,1-2H3,(H,24,27). The predicted octanol–water partition coefficient (Wildman–Crippen LogP) is 4.15. The van der Waals surface area contributed by atoms with Gasteiger partial charge in [0.15, 0.2) is 0 Å². The second-order valence-corrected chi connectivity index (χ2v) is 6.29. The summed E-state index contributed by atoms with van der Waals surface area (Å²) >= 11 is 0. The zero-order valence-electron chi connectivity index (χ0n) is 16.1. The Morgan fingerprint density at radius 1 is 1.21 bits per heavy atom. The molecule has 1 aromatic carbocycles. The Balaban J connectivity index is 1.81. The number of benzene rings is 1. The number of nitriles is 1. The number of aryl methyl sites for hydroxylation is 1. The molecule has 0 radical (unpaired) electrons. The molecule has 1 aliphatic heterocycles. The van der Waals surface area contributed by atoms with Crippen LogP contribution in [0.4, 0.5) is 5.69 Å². The van der Waals surface area contributed by atoms with Crippen LogP contribution < -0.4 is 5.32 Å². The Labute approximate surface area is 165 Å². The molecule has 2 heterocycles. The lowest BCUT2D eigenvalue weighted by molar-refractivity contribution is 0.922. The van der Waals surface area contributed by atoms with E-state index in [-0.39, 0.29) is 0 Å². The molecular formula is C22H22N6. The molecule has 0 fully saturated rings. The van der Waals surface area contributed by atoms with Crippen molar-refractivity contribution in [1.29, 1.82) is 5.26 Å². The fraction of sp³-hybridized carbons (Fsp3) is 0.227. The van der Waals surface area contributed by atoms with E-state index >= 15 is 0 Å². The molecule has 28 heavy (non-hydrogen) atoms. The molecule has 6 nitrogen and oxygen atoms in total. The Morgan fingerprint density at radius 2 is 2.04 bits per heavy atom. The first-order valence-corrected chi connectivity index (χ1v) is 9.23. The fourth-order valence-electron chi connectivity index (χ4n) is 2.84. The van der Waals surface area contributed by atoms with Crippen LogP contribution in [0.15, 0.2) is 69.8 Å². The summed E-state index contributed by atoms with van der Waals surface area (Å²) in [6.45, 7) is 2.17.